The quantitative estimate of drug-likeness (QED) is 0.416. The average Bonchev–Trinajstić information content (AvgIpc) is 2.69. The van der Waals surface area contributed by atoms with Gasteiger partial charge in [0.1, 0.15) is 5.82 Å². The lowest BCUT2D eigenvalue weighted by Crippen LogP contribution is -2.36. The minimum Gasteiger partial charge on any atom is -0.326 e. The summed E-state index contributed by atoms with van der Waals surface area (Å²) in [5.41, 5.74) is 1.30. The van der Waals surface area contributed by atoms with Crippen LogP contribution < -0.4 is 21.5 Å². The summed E-state index contributed by atoms with van der Waals surface area (Å²) in [7, 11) is 0. The van der Waals surface area contributed by atoms with Crippen molar-refractivity contribution in [2.75, 3.05) is 16.0 Å². The van der Waals surface area contributed by atoms with Crippen molar-refractivity contribution in [3.8, 4) is 0 Å². The molecule has 1 atom stereocenters. The van der Waals surface area contributed by atoms with E-state index in [1.165, 1.54) is 0 Å². The van der Waals surface area contributed by atoms with Gasteiger partial charge in [-0.3, -0.25) is 19.4 Å². The van der Waals surface area contributed by atoms with Crippen LogP contribution in [0.3, 0.4) is 0 Å². The Labute approximate surface area is 197 Å². The van der Waals surface area contributed by atoms with Crippen LogP contribution in [0.2, 0.25) is 15.1 Å². The van der Waals surface area contributed by atoms with Crippen LogP contribution >= 0.6 is 34.8 Å². The highest BCUT2D eigenvalue weighted by Crippen LogP contribution is 2.31. The third kappa shape index (κ3) is 4.72. The second-order valence-electron chi connectivity index (χ2n) is 7.22. The van der Waals surface area contributed by atoms with Gasteiger partial charge in [-0.1, -0.05) is 40.9 Å². The number of H-pyrrole nitrogens is 1. The second-order valence-corrected chi connectivity index (χ2v) is 8.50. The molecule has 1 aromatic heterocycles. The number of hydrogen-bond acceptors (Lipinski definition) is 5. The zero-order valence-electron chi connectivity index (χ0n) is 16.6. The summed E-state index contributed by atoms with van der Waals surface area (Å²) >= 11 is 18.1. The first-order valence-corrected chi connectivity index (χ1v) is 10.6. The first-order valence-electron chi connectivity index (χ1n) is 9.44. The van der Waals surface area contributed by atoms with Gasteiger partial charge in [-0.2, -0.15) is 4.98 Å². The number of benzene rings is 2. The Balaban J connectivity index is 1.64. The molecule has 2 amide bonds. The molecule has 11 heteroatoms. The lowest BCUT2D eigenvalue weighted by Gasteiger charge is -2.23. The molecule has 2 heterocycles. The van der Waals surface area contributed by atoms with Crippen molar-refractivity contribution in [2.24, 2.45) is 0 Å². The van der Waals surface area contributed by atoms with Gasteiger partial charge in [0.05, 0.1) is 11.5 Å². The number of carbonyl (C=O) groups is 2. The molecule has 32 heavy (non-hydrogen) atoms. The number of rotatable bonds is 4. The summed E-state index contributed by atoms with van der Waals surface area (Å²) in [5, 5.41) is 9.41. The summed E-state index contributed by atoms with van der Waals surface area (Å²) in [6.07, 6.45) is -0.195. The first-order chi connectivity index (χ1) is 15.2. The molecule has 0 radical (unpaired) electrons. The maximum Gasteiger partial charge on any atom is 0.258 e. The van der Waals surface area contributed by atoms with Crippen LogP contribution in [-0.4, -0.2) is 21.8 Å². The minimum atomic E-state index is -1.02. The molecule has 2 aromatic carbocycles. The Morgan fingerprint density at radius 3 is 2.47 bits per heavy atom. The fourth-order valence-electron chi connectivity index (χ4n) is 3.32. The van der Waals surface area contributed by atoms with E-state index >= 15 is 0 Å². The van der Waals surface area contributed by atoms with Gasteiger partial charge in [-0.25, -0.2) is 0 Å². The normalized spacial score (nSPS) is 15.0. The van der Waals surface area contributed by atoms with E-state index in [-0.39, 0.29) is 23.8 Å². The van der Waals surface area contributed by atoms with Crippen LogP contribution in [0, 0.1) is 6.92 Å². The number of fused-ring (bicyclic) bond motifs is 1. The highest BCUT2D eigenvalue weighted by atomic mass is 35.5. The van der Waals surface area contributed by atoms with E-state index in [9.17, 15) is 14.4 Å². The molecular weight excluding hydrogens is 477 g/mol. The van der Waals surface area contributed by atoms with Gasteiger partial charge < -0.3 is 16.0 Å². The molecule has 0 aliphatic carbocycles. The molecule has 3 aromatic rings. The van der Waals surface area contributed by atoms with Crippen molar-refractivity contribution in [3.05, 3.63) is 72.9 Å². The van der Waals surface area contributed by atoms with Gasteiger partial charge in [0.2, 0.25) is 17.8 Å². The summed E-state index contributed by atoms with van der Waals surface area (Å²) < 4.78 is 0. The topological polar surface area (TPSA) is 116 Å². The average molecular weight is 493 g/mol. The predicted molar refractivity (Wildman–Crippen MR) is 125 cm³/mol. The highest BCUT2D eigenvalue weighted by molar-refractivity contribution is 6.35. The lowest BCUT2D eigenvalue weighted by atomic mass is 9.92. The zero-order valence-corrected chi connectivity index (χ0v) is 18.8. The molecule has 1 aliphatic rings. The lowest BCUT2D eigenvalue weighted by molar-refractivity contribution is -0.123. The Hall–Kier alpha value is -3.07. The van der Waals surface area contributed by atoms with Crippen LogP contribution in [0.15, 0.2) is 41.2 Å². The molecule has 0 bridgehead atoms. The van der Waals surface area contributed by atoms with Crippen molar-refractivity contribution < 1.29 is 9.59 Å². The van der Waals surface area contributed by atoms with Crippen molar-refractivity contribution in [3.63, 3.8) is 0 Å². The number of nitrogens with one attached hydrogen (secondary N) is 4. The standard InChI is InChI=1S/C21H16Cl3N5O3/c1-9-2-3-12(7-15(9)24)25-19(31)14-8-16(30)27-18-17(14)20(32)29-21(28-18)26-13-5-10(22)4-11(23)6-13/h2-7,14H,8H2,1H3,(H,25,31)(H3,26,27,28,29,30,32). The summed E-state index contributed by atoms with van der Waals surface area (Å²) in [4.78, 5) is 44.8. The number of amides is 2. The van der Waals surface area contributed by atoms with Gasteiger partial charge in [0, 0.05) is 32.9 Å². The molecule has 0 fully saturated rings. The van der Waals surface area contributed by atoms with E-state index in [0.29, 0.717) is 26.4 Å². The van der Waals surface area contributed by atoms with Gasteiger partial charge in [0.25, 0.3) is 5.56 Å². The van der Waals surface area contributed by atoms with E-state index in [0.717, 1.165) is 5.56 Å². The van der Waals surface area contributed by atoms with E-state index in [1.807, 2.05) is 6.92 Å². The Morgan fingerprint density at radius 1 is 1.06 bits per heavy atom. The second kappa shape index (κ2) is 8.82. The number of anilines is 4. The molecule has 4 rings (SSSR count). The number of aromatic nitrogens is 2. The monoisotopic (exact) mass is 491 g/mol. The predicted octanol–water partition coefficient (Wildman–Crippen LogP) is 4.85. The third-order valence-corrected chi connectivity index (χ3v) is 5.68. The van der Waals surface area contributed by atoms with Crippen LogP contribution in [-0.2, 0) is 9.59 Å². The fourth-order valence-corrected chi connectivity index (χ4v) is 4.02. The van der Waals surface area contributed by atoms with E-state index in [2.05, 4.69) is 25.9 Å². The zero-order chi connectivity index (χ0) is 23.0. The molecular formula is C21H16Cl3N5O3. The molecule has 0 saturated heterocycles. The minimum absolute atomic E-state index is 0.00251. The fraction of sp³-hybridized carbons (Fsp3) is 0.143. The van der Waals surface area contributed by atoms with Crippen molar-refractivity contribution >= 4 is 69.8 Å². The summed E-state index contributed by atoms with van der Waals surface area (Å²) in [6, 6.07) is 9.79. The van der Waals surface area contributed by atoms with Gasteiger partial charge >= 0.3 is 0 Å². The van der Waals surface area contributed by atoms with Crippen molar-refractivity contribution in [1.82, 2.24) is 9.97 Å². The Bertz CT molecular complexity index is 1290. The van der Waals surface area contributed by atoms with Crippen LogP contribution in [0.4, 0.5) is 23.1 Å². The smallest absolute Gasteiger partial charge is 0.258 e. The summed E-state index contributed by atoms with van der Waals surface area (Å²) in [6.45, 7) is 1.84. The maximum absolute atomic E-state index is 12.9. The van der Waals surface area contributed by atoms with Crippen molar-refractivity contribution in [1.29, 1.82) is 0 Å². The molecule has 0 spiro atoms. The summed E-state index contributed by atoms with van der Waals surface area (Å²) in [5.74, 6) is -1.92. The van der Waals surface area contributed by atoms with E-state index in [4.69, 9.17) is 34.8 Å². The maximum atomic E-state index is 12.9. The Kier molecular flexibility index (Phi) is 6.10. The first kappa shape index (κ1) is 22.1. The van der Waals surface area contributed by atoms with Crippen LogP contribution in [0.25, 0.3) is 0 Å². The van der Waals surface area contributed by atoms with Crippen molar-refractivity contribution in [2.45, 2.75) is 19.3 Å². The molecule has 1 unspecified atom stereocenters. The molecule has 4 N–H and O–H groups in total. The number of aromatic amines is 1. The highest BCUT2D eigenvalue weighted by Gasteiger charge is 2.34. The van der Waals surface area contributed by atoms with Gasteiger partial charge in [0.15, 0.2) is 0 Å². The van der Waals surface area contributed by atoms with E-state index in [1.54, 1.807) is 36.4 Å². The van der Waals surface area contributed by atoms with Gasteiger partial charge in [-0.15, -0.1) is 0 Å². The third-order valence-electron chi connectivity index (χ3n) is 4.83. The van der Waals surface area contributed by atoms with E-state index < -0.39 is 23.3 Å². The molecule has 0 saturated carbocycles. The molecule has 8 nitrogen and oxygen atoms in total. The number of hydrogen-bond donors (Lipinski definition) is 4. The van der Waals surface area contributed by atoms with Crippen LogP contribution in [0.5, 0.6) is 0 Å². The van der Waals surface area contributed by atoms with Gasteiger partial charge in [-0.05, 0) is 42.8 Å². The van der Waals surface area contributed by atoms with Crippen LogP contribution in [0.1, 0.15) is 23.5 Å². The Morgan fingerprint density at radius 2 is 1.78 bits per heavy atom. The molecule has 164 valence electrons. The number of aryl methyl sites for hydroxylation is 1. The number of halogens is 3. The molecule has 1 aliphatic heterocycles. The largest absolute Gasteiger partial charge is 0.326 e. The number of carbonyl (C=O) groups excluding carboxylic acids is 2. The SMILES string of the molecule is Cc1ccc(NC(=O)C2CC(=O)Nc3nc(Nc4cc(Cl)cc(Cl)c4)[nH]c(=O)c32)cc1Cl. The number of nitrogens with zero attached hydrogens (tertiary/aromatic N) is 1.